The lowest BCUT2D eigenvalue weighted by molar-refractivity contribution is 0.716. The Labute approximate surface area is 168 Å². The Hall–Kier alpha value is -3.74. The molecule has 3 heterocycles. The molecule has 0 bridgehead atoms. The fourth-order valence-corrected chi connectivity index (χ4v) is 3.67. The van der Waals surface area contributed by atoms with Crippen molar-refractivity contribution < 1.29 is 0 Å². The van der Waals surface area contributed by atoms with Gasteiger partial charge in [0.2, 0.25) is 0 Å². The van der Waals surface area contributed by atoms with Gasteiger partial charge in [-0.3, -0.25) is 0 Å². The van der Waals surface area contributed by atoms with E-state index in [1.165, 1.54) is 11.8 Å². The molecule has 0 fully saturated rings. The van der Waals surface area contributed by atoms with E-state index in [9.17, 15) is 0 Å². The van der Waals surface area contributed by atoms with Gasteiger partial charge in [0.1, 0.15) is 18.0 Å². The van der Waals surface area contributed by atoms with Crippen LogP contribution in [0, 0.1) is 0 Å². The highest BCUT2D eigenvalue weighted by molar-refractivity contribution is 5.76. The minimum Gasteiger partial charge on any atom is -0.369 e. The topological polar surface area (TPSA) is 72.9 Å². The number of imidazole rings is 1. The third-order valence-corrected chi connectivity index (χ3v) is 5.03. The van der Waals surface area contributed by atoms with E-state index in [-0.39, 0.29) is 0 Å². The van der Waals surface area contributed by atoms with Gasteiger partial charge in [-0.1, -0.05) is 42.5 Å². The van der Waals surface area contributed by atoms with Crippen LogP contribution < -0.4 is 5.32 Å². The maximum absolute atomic E-state index is 4.81. The first kappa shape index (κ1) is 17.4. The summed E-state index contributed by atoms with van der Waals surface area (Å²) in [5.74, 6) is 2.52. The average Bonchev–Trinajstić information content (AvgIpc) is 3.38. The summed E-state index contributed by atoms with van der Waals surface area (Å²) >= 11 is 0. The van der Waals surface area contributed by atoms with Crippen LogP contribution in [0.2, 0.25) is 0 Å². The zero-order chi connectivity index (χ0) is 19.6. The molecule has 7 heteroatoms. The number of fused-ring (bicyclic) bond motifs is 2. The van der Waals surface area contributed by atoms with Crippen molar-refractivity contribution in [3.63, 3.8) is 0 Å². The van der Waals surface area contributed by atoms with Crippen molar-refractivity contribution in [2.24, 2.45) is 0 Å². The van der Waals surface area contributed by atoms with Gasteiger partial charge in [-0.05, 0) is 19.1 Å². The van der Waals surface area contributed by atoms with Gasteiger partial charge >= 0.3 is 0 Å². The Morgan fingerprint density at radius 1 is 0.966 bits per heavy atom. The maximum atomic E-state index is 4.81. The molecule has 0 aliphatic carbocycles. The summed E-state index contributed by atoms with van der Waals surface area (Å²) in [5, 5.41) is 7.80. The van der Waals surface area contributed by atoms with Gasteiger partial charge in [0.05, 0.1) is 16.7 Å². The van der Waals surface area contributed by atoms with Crippen molar-refractivity contribution >= 4 is 22.6 Å². The van der Waals surface area contributed by atoms with Crippen molar-refractivity contribution in [2.45, 2.75) is 19.9 Å². The Bertz CT molecular complexity index is 1270. The SMILES string of the molecule is CCn1c(CCNc2cc(-c3ccccc3)nc3ncnn23)nc2ccccc21. The van der Waals surface area contributed by atoms with Crippen LogP contribution in [0.15, 0.2) is 67.0 Å². The molecule has 0 atom stereocenters. The van der Waals surface area contributed by atoms with Crippen molar-refractivity contribution in [1.29, 1.82) is 0 Å². The number of hydrogen-bond donors (Lipinski definition) is 1. The van der Waals surface area contributed by atoms with E-state index in [0.29, 0.717) is 5.78 Å². The van der Waals surface area contributed by atoms with Crippen LogP contribution in [0.4, 0.5) is 5.82 Å². The van der Waals surface area contributed by atoms with E-state index in [1.807, 2.05) is 42.5 Å². The van der Waals surface area contributed by atoms with Crippen LogP contribution >= 0.6 is 0 Å². The molecule has 0 radical (unpaired) electrons. The number of anilines is 1. The zero-order valence-electron chi connectivity index (χ0n) is 16.2. The minimum absolute atomic E-state index is 0.578. The fraction of sp³-hybridized carbons (Fsp3) is 0.182. The van der Waals surface area contributed by atoms with E-state index in [4.69, 9.17) is 4.98 Å². The van der Waals surface area contributed by atoms with Crippen LogP contribution in [-0.2, 0) is 13.0 Å². The first-order valence-corrected chi connectivity index (χ1v) is 9.77. The van der Waals surface area contributed by atoms with E-state index in [2.05, 4.69) is 50.1 Å². The van der Waals surface area contributed by atoms with E-state index in [0.717, 1.165) is 47.9 Å². The molecule has 5 aromatic rings. The summed E-state index contributed by atoms with van der Waals surface area (Å²) in [5.41, 5.74) is 4.14. The van der Waals surface area contributed by atoms with Gasteiger partial charge in [-0.25, -0.2) is 9.97 Å². The molecule has 3 aromatic heterocycles. The molecular weight excluding hydrogens is 362 g/mol. The van der Waals surface area contributed by atoms with Crippen LogP contribution in [0.1, 0.15) is 12.7 Å². The fourth-order valence-electron chi connectivity index (χ4n) is 3.67. The molecule has 0 spiro atoms. The quantitative estimate of drug-likeness (QED) is 0.483. The molecule has 0 unspecified atom stereocenters. The van der Waals surface area contributed by atoms with Crippen LogP contribution in [-0.4, -0.2) is 35.7 Å². The van der Waals surface area contributed by atoms with Crippen LogP contribution in [0.25, 0.3) is 28.1 Å². The number of benzene rings is 2. The largest absolute Gasteiger partial charge is 0.369 e. The lowest BCUT2D eigenvalue weighted by Gasteiger charge is -2.11. The number of aromatic nitrogens is 6. The van der Waals surface area contributed by atoms with Crippen molar-refractivity contribution in [3.8, 4) is 11.3 Å². The van der Waals surface area contributed by atoms with Gasteiger partial charge in [0.15, 0.2) is 0 Å². The highest BCUT2D eigenvalue weighted by Crippen LogP contribution is 2.21. The van der Waals surface area contributed by atoms with E-state index < -0.39 is 0 Å². The van der Waals surface area contributed by atoms with E-state index >= 15 is 0 Å². The summed E-state index contributed by atoms with van der Waals surface area (Å²) in [6, 6.07) is 20.4. The smallest absolute Gasteiger partial charge is 0.254 e. The van der Waals surface area contributed by atoms with Gasteiger partial charge in [0.25, 0.3) is 5.78 Å². The molecule has 5 rings (SSSR count). The third-order valence-electron chi connectivity index (χ3n) is 5.03. The molecular formula is C22H21N7. The normalized spacial score (nSPS) is 11.3. The Morgan fingerprint density at radius 2 is 1.79 bits per heavy atom. The number of para-hydroxylation sites is 2. The highest BCUT2D eigenvalue weighted by Gasteiger charge is 2.11. The summed E-state index contributed by atoms with van der Waals surface area (Å²) in [6.07, 6.45) is 2.33. The summed E-state index contributed by atoms with van der Waals surface area (Å²) < 4.78 is 4.00. The Balaban J connectivity index is 1.42. The second-order valence-corrected chi connectivity index (χ2v) is 6.80. The second kappa shape index (κ2) is 7.35. The Morgan fingerprint density at radius 3 is 2.66 bits per heavy atom. The lowest BCUT2D eigenvalue weighted by Crippen LogP contribution is -2.13. The predicted octanol–water partition coefficient (Wildman–Crippen LogP) is 3.82. The van der Waals surface area contributed by atoms with Crippen LogP contribution in [0.5, 0.6) is 0 Å². The number of hydrogen-bond acceptors (Lipinski definition) is 5. The zero-order valence-corrected chi connectivity index (χ0v) is 16.2. The van der Waals surface area contributed by atoms with Gasteiger partial charge in [-0.2, -0.15) is 14.6 Å². The Kier molecular flexibility index (Phi) is 4.40. The molecule has 0 aliphatic rings. The second-order valence-electron chi connectivity index (χ2n) is 6.80. The minimum atomic E-state index is 0.578. The van der Waals surface area contributed by atoms with Gasteiger partial charge < -0.3 is 9.88 Å². The average molecular weight is 383 g/mol. The molecule has 0 saturated carbocycles. The van der Waals surface area contributed by atoms with Gasteiger partial charge in [0, 0.05) is 31.1 Å². The van der Waals surface area contributed by atoms with Crippen molar-refractivity contribution in [3.05, 3.63) is 72.8 Å². The monoisotopic (exact) mass is 383 g/mol. The first-order chi connectivity index (χ1) is 14.3. The molecule has 144 valence electrons. The number of nitrogens with zero attached hydrogens (tertiary/aromatic N) is 6. The van der Waals surface area contributed by atoms with Crippen LogP contribution in [0.3, 0.4) is 0 Å². The molecule has 0 saturated heterocycles. The van der Waals surface area contributed by atoms with E-state index in [1.54, 1.807) is 4.52 Å². The van der Waals surface area contributed by atoms with Crippen molar-refractivity contribution in [2.75, 3.05) is 11.9 Å². The third kappa shape index (κ3) is 3.20. The first-order valence-electron chi connectivity index (χ1n) is 9.77. The highest BCUT2D eigenvalue weighted by atomic mass is 15.3. The molecule has 7 nitrogen and oxygen atoms in total. The summed E-state index contributed by atoms with van der Waals surface area (Å²) in [6.45, 7) is 3.78. The molecule has 29 heavy (non-hydrogen) atoms. The molecule has 0 amide bonds. The maximum Gasteiger partial charge on any atom is 0.254 e. The molecule has 1 N–H and O–H groups in total. The number of rotatable bonds is 6. The summed E-state index contributed by atoms with van der Waals surface area (Å²) in [4.78, 5) is 13.7. The predicted molar refractivity (Wildman–Crippen MR) is 114 cm³/mol. The number of nitrogens with one attached hydrogen (secondary N) is 1. The lowest BCUT2D eigenvalue weighted by atomic mass is 10.1. The number of aryl methyl sites for hydroxylation is 1. The van der Waals surface area contributed by atoms with Crippen molar-refractivity contribution in [1.82, 2.24) is 29.1 Å². The standard InChI is InChI=1S/C22H21N7/c1-2-28-19-11-7-6-10-17(19)26-20(28)12-13-23-21-14-18(16-8-4-3-5-9-16)27-22-24-15-25-29(21)22/h3-11,14-15,23H,2,12-13H2,1H3. The molecule has 2 aromatic carbocycles. The van der Waals surface area contributed by atoms with Gasteiger partial charge in [-0.15, -0.1) is 0 Å². The summed E-state index contributed by atoms with van der Waals surface area (Å²) in [7, 11) is 0. The molecule has 0 aliphatic heterocycles.